The Morgan fingerprint density at radius 2 is 1.94 bits per heavy atom. The monoisotopic (exact) mass is 467 g/mol. The van der Waals surface area contributed by atoms with Crippen molar-refractivity contribution in [2.24, 2.45) is 0 Å². The van der Waals surface area contributed by atoms with Crippen LogP contribution in [0.5, 0.6) is 0 Å². The van der Waals surface area contributed by atoms with E-state index in [9.17, 15) is 9.18 Å². The number of carbonyl (C=O) groups excluding carboxylic acids is 1. The van der Waals surface area contributed by atoms with Crippen LogP contribution in [0.25, 0.3) is 5.65 Å². The zero-order chi connectivity index (χ0) is 24.2. The molecule has 1 amide bonds. The van der Waals surface area contributed by atoms with Gasteiger partial charge in [-0.1, -0.05) is 6.92 Å². The summed E-state index contributed by atoms with van der Waals surface area (Å²) in [5.74, 6) is -0.327. The third kappa shape index (κ3) is 5.23. The summed E-state index contributed by atoms with van der Waals surface area (Å²) in [5.41, 5.74) is 7.00. The highest BCUT2D eigenvalue weighted by Gasteiger charge is 2.16. The number of morpholine rings is 1. The van der Waals surface area contributed by atoms with Crippen LogP contribution in [-0.4, -0.2) is 59.6 Å². The number of aryl methyl sites for hydroxylation is 4. The fourth-order valence-electron chi connectivity index (χ4n) is 4.47. The highest BCUT2D eigenvalue weighted by molar-refractivity contribution is 5.96. The van der Waals surface area contributed by atoms with Crippen molar-refractivity contribution in [2.45, 2.75) is 40.7 Å². The molecule has 2 N–H and O–H groups in total. The van der Waals surface area contributed by atoms with Crippen LogP contribution >= 0.6 is 0 Å². The lowest BCUT2D eigenvalue weighted by Gasteiger charge is -2.26. The maximum atomic E-state index is 13.9. The maximum absolute atomic E-state index is 13.9. The SMILES string of the molecule is CCc1cc(F)cc(C)c1CNc1cc(C(=O)NCCN2CCOCC2)cn2c(C)c(C)nc12. The van der Waals surface area contributed by atoms with Gasteiger partial charge in [-0.3, -0.25) is 9.69 Å². The van der Waals surface area contributed by atoms with Gasteiger partial charge in [-0.15, -0.1) is 0 Å². The van der Waals surface area contributed by atoms with Crippen LogP contribution in [0.4, 0.5) is 10.1 Å². The Balaban J connectivity index is 1.55. The third-order valence-electron chi connectivity index (χ3n) is 6.64. The second kappa shape index (κ2) is 10.5. The Bertz CT molecular complexity index is 1180. The highest BCUT2D eigenvalue weighted by Crippen LogP contribution is 2.24. The van der Waals surface area contributed by atoms with Crippen LogP contribution < -0.4 is 10.6 Å². The van der Waals surface area contributed by atoms with Gasteiger partial charge in [-0.05, 0) is 62.1 Å². The fraction of sp³-hybridized carbons (Fsp3) is 0.462. The predicted molar refractivity (Wildman–Crippen MR) is 132 cm³/mol. The molecule has 1 aromatic carbocycles. The van der Waals surface area contributed by atoms with Crippen molar-refractivity contribution in [1.82, 2.24) is 19.6 Å². The van der Waals surface area contributed by atoms with Crippen molar-refractivity contribution in [3.8, 4) is 0 Å². The molecular formula is C26H34FN5O2. The first-order valence-electron chi connectivity index (χ1n) is 12.0. The number of amides is 1. The number of ether oxygens (including phenoxy) is 1. The summed E-state index contributed by atoms with van der Waals surface area (Å²) in [6, 6.07) is 5.02. The smallest absolute Gasteiger partial charge is 0.252 e. The molecule has 182 valence electrons. The topological polar surface area (TPSA) is 70.9 Å². The van der Waals surface area contributed by atoms with E-state index in [0.717, 1.165) is 78.7 Å². The molecule has 1 aliphatic heterocycles. The number of hydrogen-bond donors (Lipinski definition) is 2. The average Bonchev–Trinajstić information content (AvgIpc) is 3.12. The quantitative estimate of drug-likeness (QED) is 0.529. The Labute approximate surface area is 200 Å². The van der Waals surface area contributed by atoms with E-state index in [1.165, 1.54) is 0 Å². The first-order valence-corrected chi connectivity index (χ1v) is 12.0. The second-order valence-electron chi connectivity index (χ2n) is 8.90. The average molecular weight is 468 g/mol. The second-order valence-corrected chi connectivity index (χ2v) is 8.90. The molecule has 0 saturated carbocycles. The lowest BCUT2D eigenvalue weighted by atomic mass is 9.99. The standard InChI is InChI=1S/C26H34FN5O2/c1-5-20-13-22(27)12-17(2)23(20)15-29-24-14-21(16-32-19(4)18(3)30-25(24)32)26(33)28-6-7-31-8-10-34-11-9-31/h12-14,16,29H,5-11,15H2,1-4H3,(H,28,33). The van der Waals surface area contributed by atoms with Crippen molar-refractivity contribution in [3.05, 3.63) is 63.9 Å². The minimum Gasteiger partial charge on any atom is -0.379 e. The normalized spacial score (nSPS) is 14.5. The summed E-state index contributed by atoms with van der Waals surface area (Å²) >= 11 is 0. The molecule has 4 rings (SSSR count). The number of nitrogens with zero attached hydrogens (tertiary/aromatic N) is 3. The number of fused-ring (bicyclic) bond motifs is 1. The maximum Gasteiger partial charge on any atom is 0.252 e. The first-order chi connectivity index (χ1) is 16.4. The molecule has 0 unspecified atom stereocenters. The van der Waals surface area contributed by atoms with Gasteiger partial charge in [0.1, 0.15) is 5.82 Å². The Hall–Kier alpha value is -2.97. The van der Waals surface area contributed by atoms with Crippen molar-refractivity contribution < 1.29 is 13.9 Å². The molecular weight excluding hydrogens is 433 g/mol. The molecule has 3 aromatic rings. The van der Waals surface area contributed by atoms with Gasteiger partial charge in [-0.25, -0.2) is 9.37 Å². The number of rotatable bonds is 8. The van der Waals surface area contributed by atoms with Crippen LogP contribution in [0.3, 0.4) is 0 Å². The van der Waals surface area contributed by atoms with Gasteiger partial charge in [0.2, 0.25) is 0 Å². The van der Waals surface area contributed by atoms with E-state index < -0.39 is 0 Å². The van der Waals surface area contributed by atoms with E-state index in [1.807, 2.05) is 44.4 Å². The largest absolute Gasteiger partial charge is 0.379 e. The van der Waals surface area contributed by atoms with E-state index in [1.54, 1.807) is 12.1 Å². The number of aromatic nitrogens is 2. The summed E-state index contributed by atoms with van der Waals surface area (Å²) in [6.07, 6.45) is 2.60. The Morgan fingerprint density at radius 1 is 1.18 bits per heavy atom. The van der Waals surface area contributed by atoms with Gasteiger partial charge in [0.25, 0.3) is 5.91 Å². The summed E-state index contributed by atoms with van der Waals surface area (Å²) in [4.78, 5) is 20.0. The minimum atomic E-state index is -0.212. The minimum absolute atomic E-state index is 0.115. The number of pyridine rings is 1. The molecule has 1 aliphatic rings. The molecule has 7 nitrogen and oxygen atoms in total. The van der Waals surface area contributed by atoms with Crippen molar-refractivity contribution in [3.63, 3.8) is 0 Å². The Kier molecular flexibility index (Phi) is 7.48. The molecule has 1 fully saturated rings. The van der Waals surface area contributed by atoms with Gasteiger partial charge >= 0.3 is 0 Å². The summed E-state index contributed by atoms with van der Waals surface area (Å²) in [7, 11) is 0. The van der Waals surface area contributed by atoms with E-state index in [2.05, 4.69) is 15.5 Å². The zero-order valence-electron chi connectivity index (χ0n) is 20.5. The van der Waals surface area contributed by atoms with Crippen LogP contribution in [0.2, 0.25) is 0 Å². The van der Waals surface area contributed by atoms with Gasteiger partial charge in [0, 0.05) is 44.6 Å². The number of halogens is 1. The summed E-state index contributed by atoms with van der Waals surface area (Å²) in [6.45, 7) is 13.1. The van der Waals surface area contributed by atoms with Gasteiger partial charge in [0.05, 0.1) is 30.2 Å². The molecule has 3 heterocycles. The molecule has 0 spiro atoms. The molecule has 2 aromatic heterocycles. The van der Waals surface area contributed by atoms with E-state index >= 15 is 0 Å². The van der Waals surface area contributed by atoms with Crippen LogP contribution in [0.1, 0.15) is 45.4 Å². The lowest BCUT2D eigenvalue weighted by Crippen LogP contribution is -2.41. The van der Waals surface area contributed by atoms with E-state index in [-0.39, 0.29) is 11.7 Å². The number of imidazole rings is 1. The molecule has 0 bridgehead atoms. The molecule has 0 aliphatic carbocycles. The number of anilines is 1. The molecule has 8 heteroatoms. The number of carbonyl (C=O) groups is 1. The third-order valence-corrected chi connectivity index (χ3v) is 6.64. The zero-order valence-corrected chi connectivity index (χ0v) is 20.5. The molecule has 34 heavy (non-hydrogen) atoms. The van der Waals surface area contributed by atoms with Crippen LogP contribution in [0, 0.1) is 26.6 Å². The lowest BCUT2D eigenvalue weighted by molar-refractivity contribution is 0.0383. The summed E-state index contributed by atoms with van der Waals surface area (Å²) < 4.78 is 21.2. The number of benzene rings is 1. The summed E-state index contributed by atoms with van der Waals surface area (Å²) in [5, 5.41) is 6.52. The van der Waals surface area contributed by atoms with E-state index in [4.69, 9.17) is 9.72 Å². The predicted octanol–water partition coefficient (Wildman–Crippen LogP) is 3.64. The first kappa shape index (κ1) is 24.2. The van der Waals surface area contributed by atoms with Crippen LogP contribution in [-0.2, 0) is 17.7 Å². The van der Waals surface area contributed by atoms with Crippen molar-refractivity contribution in [2.75, 3.05) is 44.7 Å². The number of hydrogen-bond acceptors (Lipinski definition) is 5. The Morgan fingerprint density at radius 3 is 2.68 bits per heavy atom. The fourth-order valence-corrected chi connectivity index (χ4v) is 4.47. The van der Waals surface area contributed by atoms with Crippen molar-refractivity contribution in [1.29, 1.82) is 0 Å². The van der Waals surface area contributed by atoms with Gasteiger partial charge < -0.3 is 19.8 Å². The van der Waals surface area contributed by atoms with Gasteiger partial charge in [0.15, 0.2) is 5.65 Å². The molecule has 0 atom stereocenters. The van der Waals surface area contributed by atoms with Crippen molar-refractivity contribution >= 4 is 17.2 Å². The molecule has 0 radical (unpaired) electrons. The van der Waals surface area contributed by atoms with Gasteiger partial charge in [-0.2, -0.15) is 0 Å². The number of nitrogens with one attached hydrogen (secondary N) is 2. The highest BCUT2D eigenvalue weighted by atomic mass is 19.1. The van der Waals surface area contributed by atoms with Crippen LogP contribution in [0.15, 0.2) is 24.4 Å². The molecule has 1 saturated heterocycles. The van der Waals surface area contributed by atoms with E-state index in [0.29, 0.717) is 18.7 Å².